The van der Waals surface area contributed by atoms with Crippen molar-refractivity contribution >= 4 is 21.6 Å². The van der Waals surface area contributed by atoms with Crippen molar-refractivity contribution in [2.75, 3.05) is 19.5 Å². The first-order valence-corrected chi connectivity index (χ1v) is 7.64. The van der Waals surface area contributed by atoms with Gasteiger partial charge in [0.2, 0.25) is 0 Å². The van der Waals surface area contributed by atoms with Crippen LogP contribution in [0.1, 0.15) is 12.5 Å². The second-order valence-electron chi connectivity index (χ2n) is 4.95. The normalized spacial score (nSPS) is 11.8. The molecular formula is C17H20BrNO2. The molecular weight excluding hydrogens is 330 g/mol. The Balaban J connectivity index is 2.02. The fourth-order valence-corrected chi connectivity index (χ4v) is 2.51. The van der Waals surface area contributed by atoms with E-state index in [9.17, 15) is 0 Å². The smallest absolute Gasteiger partial charge is 0.160 e. The molecule has 0 heterocycles. The number of benzene rings is 2. The fraction of sp³-hybridized carbons (Fsp3) is 0.294. The Labute approximate surface area is 134 Å². The molecule has 0 radical (unpaired) electrons. The molecule has 2 aromatic rings. The van der Waals surface area contributed by atoms with Gasteiger partial charge in [0.1, 0.15) is 0 Å². The molecule has 0 saturated carbocycles. The van der Waals surface area contributed by atoms with Crippen LogP contribution in [0, 0.1) is 0 Å². The van der Waals surface area contributed by atoms with Crippen LogP contribution < -0.4 is 14.8 Å². The second-order valence-corrected chi connectivity index (χ2v) is 5.86. The Morgan fingerprint density at radius 1 is 1.00 bits per heavy atom. The lowest BCUT2D eigenvalue weighted by Crippen LogP contribution is -2.18. The van der Waals surface area contributed by atoms with E-state index in [1.165, 1.54) is 5.56 Å². The molecule has 21 heavy (non-hydrogen) atoms. The van der Waals surface area contributed by atoms with E-state index in [1.54, 1.807) is 14.2 Å². The minimum atomic E-state index is 0.323. The van der Waals surface area contributed by atoms with Crippen LogP contribution in [0.5, 0.6) is 11.5 Å². The highest BCUT2D eigenvalue weighted by atomic mass is 79.9. The van der Waals surface area contributed by atoms with Gasteiger partial charge in [0.25, 0.3) is 0 Å². The maximum atomic E-state index is 5.34. The summed E-state index contributed by atoms with van der Waals surface area (Å²) in [5, 5.41) is 3.49. The fourth-order valence-electron chi connectivity index (χ4n) is 2.24. The highest BCUT2D eigenvalue weighted by molar-refractivity contribution is 9.10. The molecule has 1 atom stereocenters. The summed E-state index contributed by atoms with van der Waals surface area (Å²) in [6, 6.07) is 14.6. The summed E-state index contributed by atoms with van der Waals surface area (Å²) in [7, 11) is 3.31. The molecule has 0 saturated heterocycles. The van der Waals surface area contributed by atoms with E-state index in [-0.39, 0.29) is 0 Å². The molecule has 0 aromatic heterocycles. The quantitative estimate of drug-likeness (QED) is 0.832. The summed E-state index contributed by atoms with van der Waals surface area (Å²) in [6.07, 6.45) is 0.913. The van der Waals surface area contributed by atoms with Crippen molar-refractivity contribution in [3.05, 3.63) is 52.5 Å². The van der Waals surface area contributed by atoms with Gasteiger partial charge in [-0.3, -0.25) is 0 Å². The van der Waals surface area contributed by atoms with E-state index in [4.69, 9.17) is 9.47 Å². The van der Waals surface area contributed by atoms with Gasteiger partial charge in [-0.1, -0.05) is 22.0 Å². The molecule has 4 heteroatoms. The van der Waals surface area contributed by atoms with Gasteiger partial charge in [0.05, 0.1) is 14.2 Å². The Morgan fingerprint density at radius 2 is 1.67 bits per heavy atom. The predicted molar refractivity (Wildman–Crippen MR) is 90.5 cm³/mol. The Morgan fingerprint density at radius 3 is 2.29 bits per heavy atom. The second kappa shape index (κ2) is 7.36. The van der Waals surface area contributed by atoms with Crippen LogP contribution in [0.3, 0.4) is 0 Å². The Hall–Kier alpha value is -1.68. The molecule has 3 nitrogen and oxygen atoms in total. The van der Waals surface area contributed by atoms with E-state index in [1.807, 2.05) is 24.3 Å². The molecule has 1 unspecified atom stereocenters. The summed E-state index contributed by atoms with van der Waals surface area (Å²) >= 11 is 3.44. The van der Waals surface area contributed by atoms with Gasteiger partial charge in [-0.15, -0.1) is 0 Å². The molecule has 0 aliphatic carbocycles. The molecule has 2 rings (SSSR count). The Bertz CT molecular complexity index is 584. The van der Waals surface area contributed by atoms with Crippen LogP contribution >= 0.6 is 15.9 Å². The van der Waals surface area contributed by atoms with Crippen LogP contribution in [-0.2, 0) is 6.42 Å². The van der Waals surface area contributed by atoms with Gasteiger partial charge in [-0.25, -0.2) is 0 Å². The van der Waals surface area contributed by atoms with Crippen LogP contribution in [0.2, 0.25) is 0 Å². The predicted octanol–water partition coefficient (Wildman–Crippen LogP) is 4.51. The molecule has 2 aromatic carbocycles. The third-order valence-electron chi connectivity index (χ3n) is 3.25. The van der Waals surface area contributed by atoms with Crippen LogP contribution in [0.15, 0.2) is 46.9 Å². The number of ether oxygens (including phenoxy) is 2. The van der Waals surface area contributed by atoms with Gasteiger partial charge in [-0.05, 0) is 55.3 Å². The zero-order valence-electron chi connectivity index (χ0n) is 12.5. The van der Waals surface area contributed by atoms with Crippen molar-refractivity contribution < 1.29 is 9.47 Å². The molecule has 0 aliphatic heterocycles. The summed E-state index contributed by atoms with van der Waals surface area (Å²) in [4.78, 5) is 0. The summed E-state index contributed by atoms with van der Waals surface area (Å²) in [5.74, 6) is 1.53. The zero-order valence-corrected chi connectivity index (χ0v) is 14.1. The van der Waals surface area contributed by atoms with Gasteiger partial charge in [-0.2, -0.15) is 0 Å². The van der Waals surface area contributed by atoms with E-state index in [0.29, 0.717) is 6.04 Å². The first-order chi connectivity index (χ1) is 10.1. The van der Waals surface area contributed by atoms with E-state index >= 15 is 0 Å². The molecule has 112 valence electrons. The van der Waals surface area contributed by atoms with Crippen LogP contribution in [-0.4, -0.2) is 20.3 Å². The number of nitrogens with one attached hydrogen (secondary N) is 1. The standard InChI is InChI=1S/C17H20BrNO2/c1-12(19-15-7-5-14(18)6-8-15)10-13-4-9-16(20-2)17(11-13)21-3/h4-9,11-12,19H,10H2,1-3H3. The highest BCUT2D eigenvalue weighted by Gasteiger charge is 2.08. The first-order valence-electron chi connectivity index (χ1n) is 6.85. The molecule has 0 amide bonds. The summed E-state index contributed by atoms with van der Waals surface area (Å²) in [5.41, 5.74) is 2.33. The first kappa shape index (κ1) is 15.7. The SMILES string of the molecule is COc1ccc(CC(C)Nc2ccc(Br)cc2)cc1OC. The summed E-state index contributed by atoms with van der Waals surface area (Å²) < 4.78 is 11.7. The highest BCUT2D eigenvalue weighted by Crippen LogP contribution is 2.28. The average Bonchev–Trinajstić information content (AvgIpc) is 2.49. The van der Waals surface area contributed by atoms with E-state index in [2.05, 4.69) is 46.4 Å². The van der Waals surface area contributed by atoms with Gasteiger partial charge < -0.3 is 14.8 Å². The van der Waals surface area contributed by atoms with E-state index < -0.39 is 0 Å². The molecule has 0 spiro atoms. The maximum absolute atomic E-state index is 5.34. The Kier molecular flexibility index (Phi) is 5.51. The van der Waals surface area contributed by atoms with E-state index in [0.717, 1.165) is 28.1 Å². The number of hydrogen-bond donors (Lipinski definition) is 1. The van der Waals surface area contributed by atoms with Gasteiger partial charge >= 0.3 is 0 Å². The topological polar surface area (TPSA) is 30.5 Å². The minimum Gasteiger partial charge on any atom is -0.493 e. The van der Waals surface area contributed by atoms with Crippen molar-refractivity contribution in [3.8, 4) is 11.5 Å². The van der Waals surface area contributed by atoms with Crippen LogP contribution in [0.4, 0.5) is 5.69 Å². The van der Waals surface area contributed by atoms with Gasteiger partial charge in [0.15, 0.2) is 11.5 Å². The molecule has 1 N–H and O–H groups in total. The zero-order chi connectivity index (χ0) is 15.2. The van der Waals surface area contributed by atoms with Crippen molar-refractivity contribution in [3.63, 3.8) is 0 Å². The number of halogens is 1. The molecule has 0 aliphatic rings. The lowest BCUT2D eigenvalue weighted by molar-refractivity contribution is 0.354. The van der Waals surface area contributed by atoms with Crippen molar-refractivity contribution in [2.45, 2.75) is 19.4 Å². The third-order valence-corrected chi connectivity index (χ3v) is 3.78. The number of methoxy groups -OCH3 is 2. The van der Waals surface area contributed by atoms with Crippen LogP contribution in [0.25, 0.3) is 0 Å². The largest absolute Gasteiger partial charge is 0.493 e. The summed E-state index contributed by atoms with van der Waals surface area (Å²) in [6.45, 7) is 2.17. The average molecular weight is 350 g/mol. The van der Waals surface area contributed by atoms with Crippen molar-refractivity contribution in [1.82, 2.24) is 0 Å². The number of anilines is 1. The lowest BCUT2D eigenvalue weighted by atomic mass is 10.1. The number of hydrogen-bond acceptors (Lipinski definition) is 3. The van der Waals surface area contributed by atoms with Crippen molar-refractivity contribution in [1.29, 1.82) is 0 Å². The minimum absolute atomic E-state index is 0.323. The van der Waals surface area contributed by atoms with Gasteiger partial charge in [0, 0.05) is 16.2 Å². The maximum Gasteiger partial charge on any atom is 0.160 e. The van der Waals surface area contributed by atoms with Crippen molar-refractivity contribution in [2.24, 2.45) is 0 Å². The monoisotopic (exact) mass is 349 g/mol. The molecule has 0 bridgehead atoms. The lowest BCUT2D eigenvalue weighted by Gasteiger charge is -2.16. The molecule has 0 fully saturated rings. The number of rotatable bonds is 6. The third kappa shape index (κ3) is 4.39.